The SMILES string of the molecule is COc1ccc(C(=O)N2CC[NH+](Cc3cccc(F)c3)CC2)cc1. The van der Waals surface area contributed by atoms with Crippen LogP contribution in [0.4, 0.5) is 4.39 Å². The molecule has 1 saturated heterocycles. The molecule has 126 valence electrons. The van der Waals surface area contributed by atoms with E-state index in [9.17, 15) is 9.18 Å². The Morgan fingerprint density at radius 1 is 1.17 bits per heavy atom. The number of hydrogen-bond donors (Lipinski definition) is 1. The van der Waals surface area contributed by atoms with Crippen molar-refractivity contribution in [3.8, 4) is 5.75 Å². The summed E-state index contributed by atoms with van der Waals surface area (Å²) in [5, 5.41) is 0. The maximum atomic E-state index is 13.3. The molecule has 1 aliphatic rings. The van der Waals surface area contributed by atoms with Crippen molar-refractivity contribution in [3.05, 3.63) is 65.5 Å². The Morgan fingerprint density at radius 2 is 1.88 bits per heavy atom. The summed E-state index contributed by atoms with van der Waals surface area (Å²) in [4.78, 5) is 15.8. The van der Waals surface area contributed by atoms with Gasteiger partial charge in [0.05, 0.1) is 33.3 Å². The van der Waals surface area contributed by atoms with Crippen LogP contribution in [-0.4, -0.2) is 44.1 Å². The maximum absolute atomic E-state index is 13.3. The molecule has 0 unspecified atom stereocenters. The molecule has 1 fully saturated rings. The molecular formula is C19H22FN2O2+. The molecule has 1 heterocycles. The number of ether oxygens (including phenoxy) is 1. The Kier molecular flexibility index (Phi) is 5.11. The molecule has 0 radical (unpaired) electrons. The fourth-order valence-corrected chi connectivity index (χ4v) is 3.05. The molecule has 0 spiro atoms. The molecule has 3 rings (SSSR count). The molecule has 2 aromatic carbocycles. The number of amides is 1. The van der Waals surface area contributed by atoms with E-state index in [1.54, 1.807) is 43.5 Å². The van der Waals surface area contributed by atoms with Crippen molar-refractivity contribution in [2.75, 3.05) is 33.3 Å². The second kappa shape index (κ2) is 7.45. The molecule has 0 bridgehead atoms. The van der Waals surface area contributed by atoms with Crippen LogP contribution in [-0.2, 0) is 6.54 Å². The average Bonchev–Trinajstić information content (AvgIpc) is 2.62. The zero-order valence-corrected chi connectivity index (χ0v) is 13.8. The molecule has 0 aliphatic carbocycles. The summed E-state index contributed by atoms with van der Waals surface area (Å²) < 4.78 is 18.4. The van der Waals surface area contributed by atoms with Crippen LogP contribution in [0.1, 0.15) is 15.9 Å². The minimum Gasteiger partial charge on any atom is -0.497 e. The zero-order valence-electron chi connectivity index (χ0n) is 13.8. The molecule has 0 aromatic heterocycles. The lowest BCUT2D eigenvalue weighted by molar-refractivity contribution is -0.917. The number of nitrogens with zero attached hydrogens (tertiary/aromatic N) is 1. The number of halogens is 1. The average molecular weight is 329 g/mol. The number of carbonyl (C=O) groups is 1. The van der Waals surface area contributed by atoms with Crippen LogP contribution in [0.5, 0.6) is 5.75 Å². The van der Waals surface area contributed by atoms with Gasteiger partial charge >= 0.3 is 0 Å². The van der Waals surface area contributed by atoms with E-state index in [1.165, 1.54) is 11.0 Å². The first-order valence-corrected chi connectivity index (χ1v) is 8.17. The second-order valence-corrected chi connectivity index (χ2v) is 6.08. The van der Waals surface area contributed by atoms with Gasteiger partial charge in [0.15, 0.2) is 0 Å². The summed E-state index contributed by atoms with van der Waals surface area (Å²) in [5.41, 5.74) is 1.68. The second-order valence-electron chi connectivity index (χ2n) is 6.08. The van der Waals surface area contributed by atoms with Crippen LogP contribution in [0.25, 0.3) is 0 Å². The first-order valence-electron chi connectivity index (χ1n) is 8.17. The number of carbonyl (C=O) groups excluding carboxylic acids is 1. The minimum atomic E-state index is -0.194. The Balaban J connectivity index is 1.55. The molecule has 5 heteroatoms. The van der Waals surface area contributed by atoms with E-state index in [0.717, 1.165) is 44.0 Å². The summed E-state index contributed by atoms with van der Waals surface area (Å²) >= 11 is 0. The highest BCUT2D eigenvalue weighted by Gasteiger charge is 2.24. The molecule has 4 nitrogen and oxygen atoms in total. The van der Waals surface area contributed by atoms with Gasteiger partial charge < -0.3 is 14.5 Å². The number of rotatable bonds is 4. The highest BCUT2D eigenvalue weighted by molar-refractivity contribution is 5.94. The molecule has 0 atom stereocenters. The van der Waals surface area contributed by atoms with Gasteiger partial charge in [-0.2, -0.15) is 0 Å². The van der Waals surface area contributed by atoms with Crippen LogP contribution in [0.3, 0.4) is 0 Å². The topological polar surface area (TPSA) is 34.0 Å². The van der Waals surface area contributed by atoms with Crippen LogP contribution in [0.15, 0.2) is 48.5 Å². The largest absolute Gasteiger partial charge is 0.497 e. The Bertz CT molecular complexity index is 695. The van der Waals surface area contributed by atoms with Gasteiger partial charge in [-0.15, -0.1) is 0 Å². The lowest BCUT2D eigenvalue weighted by Gasteiger charge is -2.32. The van der Waals surface area contributed by atoms with Crippen LogP contribution >= 0.6 is 0 Å². The third kappa shape index (κ3) is 3.92. The number of quaternary nitrogens is 1. The molecule has 1 N–H and O–H groups in total. The molecule has 0 saturated carbocycles. The molecule has 24 heavy (non-hydrogen) atoms. The number of methoxy groups -OCH3 is 1. The summed E-state index contributed by atoms with van der Waals surface area (Å²) in [6.07, 6.45) is 0. The predicted octanol–water partition coefficient (Wildman–Crippen LogP) is 1.38. The van der Waals surface area contributed by atoms with E-state index in [1.807, 2.05) is 11.0 Å². The standard InChI is InChI=1S/C19H21FN2O2/c1-24-18-7-5-16(6-8-18)19(23)22-11-9-21(10-12-22)14-15-3-2-4-17(20)13-15/h2-8,13H,9-12,14H2,1H3/p+1. The molecule has 1 amide bonds. The Labute approximate surface area is 141 Å². The van der Waals surface area contributed by atoms with Crippen molar-refractivity contribution >= 4 is 5.91 Å². The highest BCUT2D eigenvalue weighted by atomic mass is 19.1. The summed E-state index contributed by atoms with van der Waals surface area (Å²) in [7, 11) is 1.61. The summed E-state index contributed by atoms with van der Waals surface area (Å²) in [5.74, 6) is 0.610. The van der Waals surface area contributed by atoms with Gasteiger partial charge in [-0.05, 0) is 36.4 Å². The number of piperazine rings is 1. The third-order valence-electron chi connectivity index (χ3n) is 4.44. The monoisotopic (exact) mass is 329 g/mol. The van der Waals surface area contributed by atoms with E-state index in [2.05, 4.69) is 0 Å². The normalized spacial score (nSPS) is 15.3. The van der Waals surface area contributed by atoms with Crippen LogP contribution < -0.4 is 9.64 Å². The zero-order chi connectivity index (χ0) is 16.9. The number of nitrogens with one attached hydrogen (secondary N) is 1. The van der Waals surface area contributed by atoms with Crippen molar-refractivity contribution in [1.29, 1.82) is 0 Å². The van der Waals surface area contributed by atoms with Gasteiger partial charge in [0.25, 0.3) is 5.91 Å². The van der Waals surface area contributed by atoms with Gasteiger partial charge in [0.1, 0.15) is 18.1 Å². The highest BCUT2D eigenvalue weighted by Crippen LogP contribution is 2.13. The summed E-state index contributed by atoms with van der Waals surface area (Å²) in [6.45, 7) is 3.98. The van der Waals surface area contributed by atoms with Crippen LogP contribution in [0, 0.1) is 5.82 Å². The Morgan fingerprint density at radius 3 is 2.50 bits per heavy atom. The molecule has 1 aliphatic heterocycles. The smallest absolute Gasteiger partial charge is 0.254 e. The van der Waals surface area contributed by atoms with Gasteiger partial charge in [-0.25, -0.2) is 4.39 Å². The lowest BCUT2D eigenvalue weighted by atomic mass is 10.1. The van der Waals surface area contributed by atoms with Crippen LogP contribution in [0.2, 0.25) is 0 Å². The fourth-order valence-electron chi connectivity index (χ4n) is 3.05. The molecule has 2 aromatic rings. The van der Waals surface area contributed by atoms with E-state index in [4.69, 9.17) is 4.74 Å². The fraction of sp³-hybridized carbons (Fsp3) is 0.316. The molecular weight excluding hydrogens is 307 g/mol. The van der Waals surface area contributed by atoms with E-state index in [0.29, 0.717) is 5.56 Å². The van der Waals surface area contributed by atoms with E-state index >= 15 is 0 Å². The third-order valence-corrected chi connectivity index (χ3v) is 4.44. The van der Waals surface area contributed by atoms with E-state index < -0.39 is 0 Å². The van der Waals surface area contributed by atoms with Crippen molar-refractivity contribution in [1.82, 2.24) is 4.90 Å². The Hall–Kier alpha value is -2.40. The summed E-state index contributed by atoms with van der Waals surface area (Å²) in [6, 6.07) is 13.9. The van der Waals surface area contributed by atoms with E-state index in [-0.39, 0.29) is 11.7 Å². The van der Waals surface area contributed by atoms with Gasteiger partial charge in [0.2, 0.25) is 0 Å². The van der Waals surface area contributed by atoms with Crippen molar-refractivity contribution in [2.45, 2.75) is 6.54 Å². The van der Waals surface area contributed by atoms with Gasteiger partial charge in [-0.1, -0.05) is 12.1 Å². The first-order chi connectivity index (χ1) is 11.7. The van der Waals surface area contributed by atoms with Crippen molar-refractivity contribution < 1.29 is 18.8 Å². The number of benzene rings is 2. The van der Waals surface area contributed by atoms with Gasteiger partial charge in [0, 0.05) is 11.1 Å². The van der Waals surface area contributed by atoms with Crippen molar-refractivity contribution in [3.63, 3.8) is 0 Å². The predicted molar refractivity (Wildman–Crippen MR) is 89.7 cm³/mol. The number of hydrogen-bond acceptors (Lipinski definition) is 2. The first kappa shape index (κ1) is 16.5. The quantitative estimate of drug-likeness (QED) is 0.919. The minimum absolute atomic E-state index is 0.0578. The van der Waals surface area contributed by atoms with Crippen molar-refractivity contribution in [2.24, 2.45) is 0 Å². The lowest BCUT2D eigenvalue weighted by Crippen LogP contribution is -3.13. The van der Waals surface area contributed by atoms with Gasteiger partial charge in [-0.3, -0.25) is 4.79 Å². The maximum Gasteiger partial charge on any atom is 0.254 e.